The number of amides is 1. The molecule has 1 aliphatic carbocycles. The first-order valence-electron chi connectivity index (χ1n) is 8.61. The minimum absolute atomic E-state index is 0.0663. The lowest BCUT2D eigenvalue weighted by molar-refractivity contribution is -0.121. The lowest BCUT2D eigenvalue weighted by Crippen LogP contribution is -2.38. The van der Waals surface area contributed by atoms with E-state index in [1.54, 1.807) is 12.3 Å². The lowest BCUT2D eigenvalue weighted by Gasteiger charge is -2.28. The number of nitrogens with zero attached hydrogens (tertiary/aromatic N) is 1. The van der Waals surface area contributed by atoms with Gasteiger partial charge in [0.25, 0.3) is 0 Å². The van der Waals surface area contributed by atoms with Crippen molar-refractivity contribution < 1.29 is 9.53 Å². The summed E-state index contributed by atoms with van der Waals surface area (Å²) in [4.78, 5) is 17.3. The van der Waals surface area contributed by atoms with Gasteiger partial charge in [-0.3, -0.25) is 4.79 Å². The van der Waals surface area contributed by atoms with E-state index in [1.807, 2.05) is 19.1 Å². The fourth-order valence-corrected chi connectivity index (χ4v) is 3.51. The van der Waals surface area contributed by atoms with E-state index in [0.717, 1.165) is 31.2 Å². The zero-order valence-electron chi connectivity index (χ0n) is 14.3. The number of pyridine rings is 1. The Morgan fingerprint density at radius 2 is 2.04 bits per heavy atom. The number of hydrogen-bond donors (Lipinski definition) is 1. The van der Waals surface area contributed by atoms with Gasteiger partial charge in [0.1, 0.15) is 0 Å². The van der Waals surface area contributed by atoms with E-state index in [0.29, 0.717) is 18.2 Å². The van der Waals surface area contributed by atoms with Gasteiger partial charge in [0.15, 0.2) is 0 Å². The standard InChI is InChI=1S/C20H24N2O2/c1-3-24-18-10-9-17(14-21-18)22-19(23)20(11-4-5-12-20)16-8-6-7-15(2)13-16/h6-10,13-14H,3-5,11-12H2,1-2H3,(H,22,23). The first-order chi connectivity index (χ1) is 11.6. The maximum atomic E-state index is 13.1. The number of anilines is 1. The molecule has 24 heavy (non-hydrogen) atoms. The van der Waals surface area contributed by atoms with E-state index in [4.69, 9.17) is 4.74 Å². The Hall–Kier alpha value is -2.36. The molecule has 4 nitrogen and oxygen atoms in total. The van der Waals surface area contributed by atoms with Gasteiger partial charge in [-0.2, -0.15) is 0 Å². The number of ether oxygens (including phenoxy) is 1. The predicted octanol–water partition coefficient (Wildman–Crippen LogP) is 4.24. The third-order valence-electron chi connectivity index (χ3n) is 4.75. The second kappa shape index (κ2) is 7.04. The summed E-state index contributed by atoms with van der Waals surface area (Å²) >= 11 is 0. The first kappa shape index (κ1) is 16.5. The van der Waals surface area contributed by atoms with E-state index in [2.05, 4.69) is 35.4 Å². The summed E-state index contributed by atoms with van der Waals surface area (Å²) < 4.78 is 5.34. The highest BCUT2D eigenvalue weighted by atomic mass is 16.5. The van der Waals surface area contributed by atoms with Crippen molar-refractivity contribution in [1.82, 2.24) is 4.98 Å². The Labute approximate surface area is 143 Å². The Bertz CT molecular complexity index is 704. The number of hydrogen-bond acceptors (Lipinski definition) is 3. The van der Waals surface area contributed by atoms with Gasteiger partial charge in [-0.05, 0) is 38.3 Å². The summed E-state index contributed by atoms with van der Waals surface area (Å²) in [5.41, 5.74) is 2.60. The molecule has 4 heteroatoms. The van der Waals surface area contributed by atoms with Gasteiger partial charge < -0.3 is 10.1 Å². The smallest absolute Gasteiger partial charge is 0.235 e. The van der Waals surface area contributed by atoms with Crippen molar-refractivity contribution in [2.45, 2.75) is 44.9 Å². The van der Waals surface area contributed by atoms with Crippen LogP contribution in [0.3, 0.4) is 0 Å². The maximum Gasteiger partial charge on any atom is 0.235 e. The van der Waals surface area contributed by atoms with Gasteiger partial charge >= 0.3 is 0 Å². The van der Waals surface area contributed by atoms with Crippen molar-refractivity contribution in [2.24, 2.45) is 0 Å². The van der Waals surface area contributed by atoms with Crippen LogP contribution in [-0.2, 0) is 10.2 Å². The van der Waals surface area contributed by atoms with Crippen molar-refractivity contribution >= 4 is 11.6 Å². The zero-order chi connectivity index (χ0) is 17.0. The van der Waals surface area contributed by atoms with Gasteiger partial charge in [0.05, 0.1) is 23.9 Å². The minimum atomic E-state index is -0.426. The highest BCUT2D eigenvalue weighted by Crippen LogP contribution is 2.42. The predicted molar refractivity (Wildman–Crippen MR) is 95.4 cm³/mol. The molecule has 1 aromatic heterocycles. The largest absolute Gasteiger partial charge is 0.478 e. The molecule has 126 valence electrons. The average molecular weight is 324 g/mol. The molecule has 0 atom stereocenters. The minimum Gasteiger partial charge on any atom is -0.478 e. The summed E-state index contributed by atoms with van der Waals surface area (Å²) in [6.07, 6.45) is 5.62. The van der Waals surface area contributed by atoms with Crippen molar-refractivity contribution in [2.75, 3.05) is 11.9 Å². The molecule has 0 radical (unpaired) electrons. The highest BCUT2D eigenvalue weighted by molar-refractivity contribution is 5.99. The molecule has 1 aromatic carbocycles. The van der Waals surface area contributed by atoms with E-state index >= 15 is 0 Å². The lowest BCUT2D eigenvalue weighted by atomic mass is 9.77. The first-order valence-corrected chi connectivity index (χ1v) is 8.61. The molecule has 1 N–H and O–H groups in total. The van der Waals surface area contributed by atoms with Crippen molar-refractivity contribution in [1.29, 1.82) is 0 Å². The molecule has 0 unspecified atom stereocenters. The van der Waals surface area contributed by atoms with Crippen molar-refractivity contribution in [3.63, 3.8) is 0 Å². The van der Waals surface area contributed by atoms with Crippen LogP contribution in [0.15, 0.2) is 42.6 Å². The van der Waals surface area contributed by atoms with Crippen molar-refractivity contribution in [3.05, 3.63) is 53.7 Å². The summed E-state index contributed by atoms with van der Waals surface area (Å²) in [6, 6.07) is 12.0. The van der Waals surface area contributed by atoms with E-state index < -0.39 is 5.41 Å². The van der Waals surface area contributed by atoms with Crippen LogP contribution >= 0.6 is 0 Å². The normalized spacial score (nSPS) is 15.9. The van der Waals surface area contributed by atoms with Crippen LogP contribution in [0.5, 0.6) is 5.88 Å². The Balaban J connectivity index is 1.82. The molecular weight excluding hydrogens is 300 g/mol. The average Bonchev–Trinajstić information content (AvgIpc) is 3.08. The van der Waals surface area contributed by atoms with E-state index in [-0.39, 0.29) is 5.91 Å². The number of carbonyl (C=O) groups excluding carboxylic acids is 1. The van der Waals surface area contributed by atoms with Gasteiger partial charge in [0, 0.05) is 6.07 Å². The molecule has 3 rings (SSSR count). The van der Waals surface area contributed by atoms with Crippen LogP contribution in [0, 0.1) is 6.92 Å². The number of nitrogens with one attached hydrogen (secondary N) is 1. The second-order valence-electron chi connectivity index (χ2n) is 6.43. The highest BCUT2D eigenvalue weighted by Gasteiger charge is 2.42. The number of aryl methyl sites for hydroxylation is 1. The van der Waals surface area contributed by atoms with Crippen LogP contribution < -0.4 is 10.1 Å². The molecule has 0 spiro atoms. The molecule has 1 saturated carbocycles. The molecule has 1 aliphatic rings. The third kappa shape index (κ3) is 3.28. The molecule has 1 fully saturated rings. The van der Waals surface area contributed by atoms with E-state index in [1.165, 1.54) is 5.56 Å². The molecule has 1 heterocycles. The van der Waals surface area contributed by atoms with Crippen LogP contribution in [0.25, 0.3) is 0 Å². The fraction of sp³-hybridized carbons (Fsp3) is 0.400. The van der Waals surface area contributed by atoms with Crippen LogP contribution in [0.1, 0.15) is 43.7 Å². The molecule has 2 aromatic rings. The molecular formula is C20H24N2O2. The Morgan fingerprint density at radius 1 is 1.25 bits per heavy atom. The third-order valence-corrected chi connectivity index (χ3v) is 4.75. The molecule has 1 amide bonds. The van der Waals surface area contributed by atoms with Gasteiger partial charge in [-0.25, -0.2) is 4.98 Å². The number of aromatic nitrogens is 1. The molecule has 0 aliphatic heterocycles. The van der Waals surface area contributed by atoms with Crippen LogP contribution in [0.4, 0.5) is 5.69 Å². The zero-order valence-corrected chi connectivity index (χ0v) is 14.3. The number of carbonyl (C=O) groups is 1. The summed E-state index contributed by atoms with van der Waals surface area (Å²) in [6.45, 7) is 4.57. The van der Waals surface area contributed by atoms with Crippen LogP contribution in [-0.4, -0.2) is 17.5 Å². The van der Waals surface area contributed by atoms with Crippen LogP contribution in [0.2, 0.25) is 0 Å². The quantitative estimate of drug-likeness (QED) is 0.895. The fourth-order valence-electron chi connectivity index (χ4n) is 3.51. The second-order valence-corrected chi connectivity index (χ2v) is 6.43. The van der Waals surface area contributed by atoms with Gasteiger partial charge in [-0.1, -0.05) is 42.7 Å². The molecule has 0 bridgehead atoms. The number of benzene rings is 1. The van der Waals surface area contributed by atoms with Crippen molar-refractivity contribution in [3.8, 4) is 5.88 Å². The summed E-state index contributed by atoms with van der Waals surface area (Å²) in [7, 11) is 0. The van der Waals surface area contributed by atoms with Gasteiger partial charge in [-0.15, -0.1) is 0 Å². The SMILES string of the molecule is CCOc1ccc(NC(=O)C2(c3cccc(C)c3)CCCC2)cn1. The summed E-state index contributed by atoms with van der Waals surface area (Å²) in [5, 5.41) is 3.05. The topological polar surface area (TPSA) is 51.2 Å². The Morgan fingerprint density at radius 3 is 2.67 bits per heavy atom. The van der Waals surface area contributed by atoms with E-state index in [9.17, 15) is 4.79 Å². The Kier molecular flexibility index (Phi) is 4.84. The maximum absolute atomic E-state index is 13.1. The van der Waals surface area contributed by atoms with Gasteiger partial charge in [0.2, 0.25) is 11.8 Å². The molecule has 0 saturated heterocycles. The number of rotatable bonds is 5. The monoisotopic (exact) mass is 324 g/mol. The summed E-state index contributed by atoms with van der Waals surface area (Å²) in [5.74, 6) is 0.640.